The van der Waals surface area contributed by atoms with Gasteiger partial charge in [0.1, 0.15) is 18.0 Å². The van der Waals surface area contributed by atoms with Gasteiger partial charge in [0.05, 0.1) is 18.5 Å². The lowest BCUT2D eigenvalue weighted by Crippen LogP contribution is -2.35. The summed E-state index contributed by atoms with van der Waals surface area (Å²) in [6.45, 7) is 4.31. The van der Waals surface area contributed by atoms with E-state index in [0.29, 0.717) is 19.1 Å². The summed E-state index contributed by atoms with van der Waals surface area (Å²) in [4.78, 5) is 12.8. The molecule has 2 saturated heterocycles. The van der Waals surface area contributed by atoms with E-state index in [2.05, 4.69) is 19.6 Å². The number of rotatable bonds is 6. The van der Waals surface area contributed by atoms with E-state index in [0.717, 1.165) is 24.7 Å². The largest absolute Gasteiger partial charge is 0.376 e. The van der Waals surface area contributed by atoms with Crippen molar-refractivity contribution in [1.29, 1.82) is 0 Å². The van der Waals surface area contributed by atoms with Crippen molar-refractivity contribution >= 4 is 21.7 Å². The van der Waals surface area contributed by atoms with Crippen LogP contribution in [0, 0.1) is 11.8 Å². The zero-order valence-electron chi connectivity index (χ0n) is 14.3. The molecule has 0 radical (unpaired) electrons. The smallest absolute Gasteiger partial charge is 0.211 e. The van der Waals surface area contributed by atoms with Crippen LogP contribution in [-0.4, -0.2) is 70.6 Å². The molecule has 0 bridgehead atoms. The quantitative estimate of drug-likeness (QED) is 0.764. The van der Waals surface area contributed by atoms with Crippen molar-refractivity contribution in [3.8, 4) is 0 Å². The molecule has 0 amide bonds. The zero-order valence-corrected chi connectivity index (χ0v) is 15.2. The van der Waals surface area contributed by atoms with Crippen molar-refractivity contribution in [1.82, 2.24) is 14.7 Å². The number of sulfonamides is 1. The Morgan fingerprint density at radius 2 is 2.17 bits per heavy atom. The molecule has 1 aromatic rings. The Morgan fingerprint density at radius 1 is 1.38 bits per heavy atom. The van der Waals surface area contributed by atoms with E-state index in [4.69, 9.17) is 4.74 Å². The third-order valence-corrected chi connectivity index (χ3v) is 6.17. The molecule has 24 heavy (non-hydrogen) atoms. The molecule has 1 N–H and O–H groups in total. The number of ether oxygens (including phenoxy) is 1. The summed E-state index contributed by atoms with van der Waals surface area (Å²) in [7, 11) is 0.735. The molecule has 3 rings (SSSR count). The average Bonchev–Trinajstić information content (AvgIpc) is 3.14. The van der Waals surface area contributed by atoms with E-state index >= 15 is 0 Å². The van der Waals surface area contributed by atoms with Crippen LogP contribution in [0.1, 0.15) is 6.92 Å². The Kier molecular flexibility index (Phi) is 4.93. The SMILES string of the molecule is CCS(=O)(=O)NC[C@H]1CO[C@@H]2CN(c3cc(N(C)C)ncn3)C[C@H]12. The Balaban J connectivity index is 1.65. The highest BCUT2D eigenvalue weighted by molar-refractivity contribution is 7.89. The van der Waals surface area contributed by atoms with Gasteiger partial charge in [0.2, 0.25) is 10.0 Å². The van der Waals surface area contributed by atoms with Crippen molar-refractivity contribution < 1.29 is 13.2 Å². The molecule has 8 nitrogen and oxygen atoms in total. The van der Waals surface area contributed by atoms with Gasteiger partial charge in [-0.1, -0.05) is 0 Å². The fourth-order valence-corrected chi connectivity index (χ4v) is 3.96. The van der Waals surface area contributed by atoms with Crippen LogP contribution in [0.4, 0.5) is 11.6 Å². The summed E-state index contributed by atoms with van der Waals surface area (Å²) in [6.07, 6.45) is 1.71. The number of hydrogen-bond acceptors (Lipinski definition) is 7. The Labute approximate surface area is 143 Å². The Hall–Kier alpha value is -1.45. The highest BCUT2D eigenvalue weighted by atomic mass is 32.2. The van der Waals surface area contributed by atoms with Crippen LogP contribution >= 0.6 is 0 Å². The summed E-state index contributed by atoms with van der Waals surface area (Å²) in [5.74, 6) is 2.39. The highest BCUT2D eigenvalue weighted by Crippen LogP contribution is 2.35. The third-order valence-electron chi connectivity index (χ3n) is 4.80. The molecule has 3 atom stereocenters. The number of aromatic nitrogens is 2. The molecule has 2 aliphatic rings. The second-order valence-electron chi connectivity index (χ2n) is 6.58. The van der Waals surface area contributed by atoms with E-state index in [1.54, 1.807) is 13.3 Å². The van der Waals surface area contributed by atoms with Gasteiger partial charge in [-0.25, -0.2) is 23.1 Å². The first-order chi connectivity index (χ1) is 11.4. The molecule has 0 spiro atoms. The number of nitrogens with one attached hydrogen (secondary N) is 1. The van der Waals surface area contributed by atoms with Crippen molar-refractivity contribution in [3.05, 3.63) is 12.4 Å². The van der Waals surface area contributed by atoms with Gasteiger partial charge in [0.25, 0.3) is 0 Å². The van der Waals surface area contributed by atoms with Crippen LogP contribution in [0.5, 0.6) is 0 Å². The van der Waals surface area contributed by atoms with Crippen LogP contribution in [-0.2, 0) is 14.8 Å². The van der Waals surface area contributed by atoms with Gasteiger partial charge in [-0.3, -0.25) is 0 Å². The van der Waals surface area contributed by atoms with Gasteiger partial charge in [-0.15, -0.1) is 0 Å². The number of anilines is 2. The summed E-state index contributed by atoms with van der Waals surface area (Å²) in [5.41, 5.74) is 0. The third kappa shape index (κ3) is 3.62. The first kappa shape index (κ1) is 17.4. The van der Waals surface area contributed by atoms with E-state index in [-0.39, 0.29) is 17.8 Å². The highest BCUT2D eigenvalue weighted by Gasteiger charge is 2.44. The molecule has 134 valence electrons. The minimum atomic E-state index is -3.16. The van der Waals surface area contributed by atoms with Gasteiger partial charge < -0.3 is 14.5 Å². The van der Waals surface area contributed by atoms with E-state index in [1.807, 2.05) is 25.1 Å². The van der Waals surface area contributed by atoms with Crippen LogP contribution in [0.2, 0.25) is 0 Å². The minimum Gasteiger partial charge on any atom is -0.376 e. The molecule has 9 heteroatoms. The van der Waals surface area contributed by atoms with Crippen LogP contribution in [0.3, 0.4) is 0 Å². The van der Waals surface area contributed by atoms with Crippen molar-refractivity contribution in [2.75, 3.05) is 55.9 Å². The van der Waals surface area contributed by atoms with Crippen molar-refractivity contribution in [3.63, 3.8) is 0 Å². The molecule has 1 aromatic heterocycles. The zero-order chi connectivity index (χ0) is 17.3. The predicted molar refractivity (Wildman–Crippen MR) is 92.8 cm³/mol. The molecular formula is C15H25N5O3S. The average molecular weight is 355 g/mol. The second-order valence-corrected chi connectivity index (χ2v) is 8.68. The summed E-state index contributed by atoms with van der Waals surface area (Å²) in [6, 6.07) is 1.97. The lowest BCUT2D eigenvalue weighted by molar-refractivity contribution is 0.111. The lowest BCUT2D eigenvalue weighted by Gasteiger charge is -2.22. The first-order valence-corrected chi connectivity index (χ1v) is 9.88. The molecule has 2 aliphatic heterocycles. The Bertz CT molecular complexity index is 681. The number of hydrogen-bond donors (Lipinski definition) is 1. The monoisotopic (exact) mass is 355 g/mol. The number of fused-ring (bicyclic) bond motifs is 1. The summed E-state index contributed by atoms with van der Waals surface area (Å²) < 4.78 is 31.9. The topological polar surface area (TPSA) is 87.7 Å². The van der Waals surface area contributed by atoms with Gasteiger partial charge in [-0.05, 0) is 6.92 Å². The van der Waals surface area contributed by atoms with Gasteiger partial charge in [0.15, 0.2) is 0 Å². The van der Waals surface area contributed by atoms with Crippen LogP contribution < -0.4 is 14.5 Å². The molecule has 2 fully saturated rings. The molecule has 0 unspecified atom stereocenters. The predicted octanol–water partition coefficient (Wildman–Crippen LogP) is -0.0669. The van der Waals surface area contributed by atoms with Crippen LogP contribution in [0.25, 0.3) is 0 Å². The Morgan fingerprint density at radius 3 is 2.88 bits per heavy atom. The minimum absolute atomic E-state index is 0.106. The van der Waals surface area contributed by atoms with Gasteiger partial charge in [-0.2, -0.15) is 0 Å². The van der Waals surface area contributed by atoms with Crippen LogP contribution in [0.15, 0.2) is 12.4 Å². The maximum Gasteiger partial charge on any atom is 0.211 e. The molecule has 0 aliphatic carbocycles. The summed E-state index contributed by atoms with van der Waals surface area (Å²) >= 11 is 0. The van der Waals surface area contributed by atoms with Crippen molar-refractivity contribution in [2.45, 2.75) is 13.0 Å². The van der Waals surface area contributed by atoms with E-state index in [9.17, 15) is 8.42 Å². The van der Waals surface area contributed by atoms with E-state index < -0.39 is 10.0 Å². The maximum absolute atomic E-state index is 11.7. The fourth-order valence-electron chi connectivity index (χ4n) is 3.29. The fraction of sp³-hybridized carbons (Fsp3) is 0.733. The lowest BCUT2D eigenvalue weighted by atomic mass is 9.93. The molecular weight excluding hydrogens is 330 g/mol. The summed E-state index contributed by atoms with van der Waals surface area (Å²) in [5, 5.41) is 0. The number of nitrogens with zero attached hydrogens (tertiary/aromatic N) is 4. The normalized spacial score (nSPS) is 26.6. The first-order valence-electron chi connectivity index (χ1n) is 8.23. The van der Waals surface area contributed by atoms with Gasteiger partial charge in [0, 0.05) is 51.6 Å². The molecule has 0 saturated carbocycles. The molecule has 3 heterocycles. The van der Waals surface area contributed by atoms with Gasteiger partial charge >= 0.3 is 0 Å². The second kappa shape index (κ2) is 6.81. The molecule has 0 aromatic carbocycles. The maximum atomic E-state index is 11.7. The standard InChI is InChI=1S/C15H25N5O3S/c1-4-24(21,22)18-6-11-9-23-13-8-20(7-12(11)13)15-5-14(19(2)3)16-10-17-15/h5,10-13,18H,4,6-9H2,1-3H3/t11-,12+,13+/m0/s1. The van der Waals surface area contributed by atoms with E-state index in [1.165, 1.54) is 0 Å². The van der Waals surface area contributed by atoms with Crippen molar-refractivity contribution in [2.24, 2.45) is 11.8 Å².